The molecule has 3 aromatic carbocycles. The van der Waals surface area contributed by atoms with E-state index in [1.165, 1.54) is 0 Å². The number of fused-ring (bicyclic) bond motifs is 3. The second-order valence-electron chi connectivity index (χ2n) is 10.6. The van der Waals surface area contributed by atoms with Crippen molar-refractivity contribution in [3.63, 3.8) is 0 Å². The second kappa shape index (κ2) is 10.9. The highest BCUT2D eigenvalue weighted by molar-refractivity contribution is 6.30. The van der Waals surface area contributed by atoms with Gasteiger partial charge in [0.1, 0.15) is 6.04 Å². The minimum Gasteiger partial charge on any atom is -0.465 e. The largest absolute Gasteiger partial charge is 0.465 e. The number of rotatable bonds is 6. The van der Waals surface area contributed by atoms with Crippen LogP contribution in [0.15, 0.2) is 66.7 Å². The maximum Gasteiger partial charge on any atom is 0.412 e. The van der Waals surface area contributed by atoms with Crippen molar-refractivity contribution >= 4 is 57.8 Å². The summed E-state index contributed by atoms with van der Waals surface area (Å²) < 4.78 is 7.54. The Hall–Kier alpha value is -4.77. The summed E-state index contributed by atoms with van der Waals surface area (Å²) >= 11 is 6.33. The average Bonchev–Trinajstić information content (AvgIpc) is 3.27. The number of carbonyl (C=O) groups excluding carboxylic acids is 2. The van der Waals surface area contributed by atoms with Crippen LogP contribution in [0.5, 0.6) is 0 Å². The first kappa shape index (κ1) is 27.4. The Kier molecular flexibility index (Phi) is 7.11. The smallest absolute Gasteiger partial charge is 0.412 e. The zero-order chi connectivity index (χ0) is 29.4. The lowest BCUT2D eigenvalue weighted by molar-refractivity contribution is -0.139. The molecular formula is C30H29ClN6O5. The Morgan fingerprint density at radius 2 is 1.98 bits per heavy atom. The van der Waals surface area contributed by atoms with Gasteiger partial charge in [-0.25, -0.2) is 9.59 Å². The highest BCUT2D eigenvalue weighted by Crippen LogP contribution is 2.43. The fourth-order valence-electron chi connectivity index (χ4n) is 5.88. The van der Waals surface area contributed by atoms with Crippen molar-refractivity contribution in [1.82, 2.24) is 14.7 Å². The molecule has 1 aromatic heterocycles. The Morgan fingerprint density at radius 3 is 2.76 bits per heavy atom. The number of likely N-dealkylation sites (tertiary alicyclic amines) is 1. The number of hydrogen-bond donors (Lipinski definition) is 4. The summed E-state index contributed by atoms with van der Waals surface area (Å²) in [4.78, 5) is 39.7. The molecule has 4 aromatic rings. The number of amides is 3. The summed E-state index contributed by atoms with van der Waals surface area (Å²) in [6.07, 6.45) is -0.133. The van der Waals surface area contributed by atoms with Gasteiger partial charge in [0, 0.05) is 41.7 Å². The van der Waals surface area contributed by atoms with Crippen LogP contribution in [0, 0.1) is 0 Å². The maximum absolute atomic E-state index is 14.3. The third-order valence-corrected chi connectivity index (χ3v) is 7.99. The van der Waals surface area contributed by atoms with Crippen LogP contribution in [0.3, 0.4) is 0 Å². The van der Waals surface area contributed by atoms with Crippen LogP contribution in [-0.4, -0.2) is 57.0 Å². The lowest BCUT2D eigenvalue weighted by Crippen LogP contribution is -2.56. The fourth-order valence-corrected chi connectivity index (χ4v) is 6.06. The maximum atomic E-state index is 14.3. The number of nitrogens with one attached hydrogen (secondary N) is 3. The number of piperidine rings is 1. The van der Waals surface area contributed by atoms with E-state index in [0.717, 1.165) is 16.5 Å². The molecule has 216 valence electrons. The van der Waals surface area contributed by atoms with E-state index in [1.807, 2.05) is 30.3 Å². The molecule has 2 atom stereocenters. The molecule has 4 N–H and O–H groups in total. The van der Waals surface area contributed by atoms with Gasteiger partial charge in [-0.2, -0.15) is 5.10 Å². The van der Waals surface area contributed by atoms with E-state index in [-0.39, 0.29) is 12.5 Å². The number of hydrogen-bond acceptors (Lipinski definition) is 6. The summed E-state index contributed by atoms with van der Waals surface area (Å²) in [7, 11) is 1.76. The highest BCUT2D eigenvalue weighted by atomic mass is 35.5. The van der Waals surface area contributed by atoms with Gasteiger partial charge >= 0.3 is 12.2 Å². The number of aryl methyl sites for hydroxylation is 1. The fraction of sp³-hybridized carbons (Fsp3) is 0.267. The van der Waals surface area contributed by atoms with Crippen molar-refractivity contribution in [1.29, 1.82) is 0 Å². The number of nitrogens with zero attached hydrogens (tertiary/aromatic N) is 3. The number of carboxylic acid groups (broad SMARTS) is 1. The van der Waals surface area contributed by atoms with Crippen LogP contribution in [-0.2, 0) is 28.6 Å². The summed E-state index contributed by atoms with van der Waals surface area (Å²) in [6.45, 7) is 0.689. The molecule has 42 heavy (non-hydrogen) atoms. The number of halogens is 1. The van der Waals surface area contributed by atoms with Gasteiger partial charge in [-0.1, -0.05) is 41.9 Å². The molecular weight excluding hydrogens is 560 g/mol. The number of benzene rings is 3. The molecule has 0 bridgehead atoms. The van der Waals surface area contributed by atoms with Crippen molar-refractivity contribution in [2.24, 2.45) is 7.05 Å². The van der Waals surface area contributed by atoms with Crippen LogP contribution < -0.4 is 16.0 Å². The molecule has 0 unspecified atom stereocenters. The van der Waals surface area contributed by atoms with Gasteiger partial charge in [-0.3, -0.25) is 20.1 Å². The molecule has 0 aliphatic carbocycles. The quantitative estimate of drug-likeness (QED) is 0.236. The first-order valence-corrected chi connectivity index (χ1v) is 13.9. The molecule has 2 aliphatic rings. The minimum atomic E-state index is -1.16. The second-order valence-corrected chi connectivity index (χ2v) is 11.0. The number of ether oxygens (including phenoxy) is 1. The van der Waals surface area contributed by atoms with E-state index in [4.69, 9.17) is 21.4 Å². The van der Waals surface area contributed by atoms with E-state index in [1.54, 1.807) is 53.0 Å². The molecule has 3 heterocycles. The number of carbonyl (C=O) groups is 3. The zero-order valence-electron chi connectivity index (χ0n) is 22.8. The van der Waals surface area contributed by atoms with Crippen LogP contribution in [0.2, 0.25) is 5.02 Å². The predicted octanol–water partition coefficient (Wildman–Crippen LogP) is 5.42. The Bertz CT molecular complexity index is 1690. The van der Waals surface area contributed by atoms with Crippen molar-refractivity contribution in [3.8, 4) is 0 Å². The normalized spacial score (nSPS) is 18.6. The van der Waals surface area contributed by atoms with E-state index < -0.39 is 23.8 Å². The molecule has 1 saturated heterocycles. The molecule has 12 heteroatoms. The molecule has 1 spiro atoms. The van der Waals surface area contributed by atoms with Crippen LogP contribution in [0.4, 0.5) is 26.8 Å². The summed E-state index contributed by atoms with van der Waals surface area (Å²) in [5.74, 6) is 0.347. The third kappa shape index (κ3) is 5.30. The van der Waals surface area contributed by atoms with E-state index in [2.05, 4.69) is 21.0 Å². The summed E-state index contributed by atoms with van der Waals surface area (Å²) in [5, 5.41) is 23.5. The molecule has 6 rings (SSSR count). The molecule has 1 fully saturated rings. The summed E-state index contributed by atoms with van der Waals surface area (Å²) in [6, 6.07) is 19.4. The van der Waals surface area contributed by atoms with E-state index in [0.29, 0.717) is 53.5 Å². The minimum absolute atomic E-state index is 0.154. The average molecular weight is 589 g/mol. The summed E-state index contributed by atoms with van der Waals surface area (Å²) in [5.41, 5.74) is 2.44. The molecule has 11 nitrogen and oxygen atoms in total. The van der Waals surface area contributed by atoms with Crippen LogP contribution in [0.1, 0.15) is 24.0 Å². The van der Waals surface area contributed by atoms with Crippen molar-refractivity contribution in [2.75, 3.05) is 29.0 Å². The SMILES string of the molecule is Cn1nc(N[C@@H](Cc2ccccc2)C(=O)N2CCC[C@@]3(C2)OC(=O)Nc2ccc(Cl)cc23)c2ccc(NC(=O)O)cc21. The first-order valence-electron chi connectivity index (χ1n) is 13.6. The van der Waals surface area contributed by atoms with Crippen LogP contribution >= 0.6 is 11.6 Å². The number of aromatic nitrogens is 2. The standard InChI is InChI=1S/C30H29ClN6O5/c1-36-25-16-20(32-28(39)40)9-10-21(25)26(35-36)33-24(14-18-6-3-2-4-7-18)27(38)37-13-5-12-30(17-37)22-15-19(31)8-11-23(22)34-29(41)42-30/h2-4,6-11,15-16,24,32H,5,12-14,17H2,1H3,(H,33,35)(H,34,41)(H,39,40)/t24-,30-/m0/s1. The third-order valence-electron chi connectivity index (χ3n) is 7.76. The van der Waals surface area contributed by atoms with Crippen molar-refractivity contribution in [2.45, 2.75) is 30.9 Å². The van der Waals surface area contributed by atoms with E-state index >= 15 is 0 Å². The lowest BCUT2D eigenvalue weighted by Gasteiger charge is -2.45. The van der Waals surface area contributed by atoms with Crippen molar-refractivity contribution in [3.05, 3.63) is 82.9 Å². The van der Waals surface area contributed by atoms with Gasteiger partial charge in [-0.05, 0) is 54.8 Å². The highest BCUT2D eigenvalue weighted by Gasteiger charge is 2.47. The molecule has 2 aliphatic heterocycles. The Labute approximate surface area is 246 Å². The van der Waals surface area contributed by atoms with Crippen molar-refractivity contribution < 1.29 is 24.2 Å². The predicted molar refractivity (Wildman–Crippen MR) is 159 cm³/mol. The molecule has 0 saturated carbocycles. The Balaban J connectivity index is 1.32. The van der Waals surface area contributed by atoms with Gasteiger partial charge in [0.2, 0.25) is 5.91 Å². The zero-order valence-corrected chi connectivity index (χ0v) is 23.5. The Morgan fingerprint density at radius 1 is 1.17 bits per heavy atom. The van der Waals surface area contributed by atoms with Gasteiger partial charge < -0.3 is 20.1 Å². The van der Waals surface area contributed by atoms with E-state index in [9.17, 15) is 14.4 Å². The topological polar surface area (TPSA) is 138 Å². The van der Waals surface area contributed by atoms with Gasteiger partial charge in [0.05, 0.1) is 17.7 Å². The molecule has 0 radical (unpaired) electrons. The first-order chi connectivity index (χ1) is 20.2. The van der Waals surface area contributed by atoms with Gasteiger partial charge in [0.15, 0.2) is 11.4 Å². The van der Waals surface area contributed by atoms with Gasteiger partial charge in [0.25, 0.3) is 0 Å². The monoisotopic (exact) mass is 588 g/mol. The number of anilines is 3. The lowest BCUT2D eigenvalue weighted by atomic mass is 9.83. The van der Waals surface area contributed by atoms with Crippen LogP contribution in [0.25, 0.3) is 10.9 Å². The molecule has 3 amide bonds. The van der Waals surface area contributed by atoms with Gasteiger partial charge in [-0.15, -0.1) is 0 Å².